The van der Waals surface area contributed by atoms with Gasteiger partial charge in [0, 0.05) is 29.7 Å². The summed E-state index contributed by atoms with van der Waals surface area (Å²) in [4.78, 5) is 12.3. The highest BCUT2D eigenvalue weighted by Gasteiger charge is 2.10. The van der Waals surface area contributed by atoms with Crippen LogP contribution in [0, 0.1) is 0 Å². The van der Waals surface area contributed by atoms with Gasteiger partial charge in [0.2, 0.25) is 0 Å². The van der Waals surface area contributed by atoms with Crippen LogP contribution in [0.1, 0.15) is 15.9 Å². The van der Waals surface area contributed by atoms with E-state index in [4.69, 9.17) is 11.6 Å². The summed E-state index contributed by atoms with van der Waals surface area (Å²) in [5.74, 6) is 0.484. The normalized spacial score (nSPS) is 10.6. The number of hydrogen-bond acceptors (Lipinski definition) is 4. The van der Waals surface area contributed by atoms with Gasteiger partial charge in [-0.3, -0.25) is 4.79 Å². The molecule has 0 aliphatic heterocycles. The molecule has 1 N–H and O–H groups in total. The molecule has 0 saturated heterocycles. The van der Waals surface area contributed by atoms with Gasteiger partial charge in [-0.1, -0.05) is 35.9 Å². The van der Waals surface area contributed by atoms with Crippen molar-refractivity contribution in [1.82, 2.24) is 25.5 Å². The smallest absolute Gasteiger partial charge is 0.251 e. The molecule has 122 valence electrons. The summed E-state index contributed by atoms with van der Waals surface area (Å²) in [5, 5.41) is 15.0. The van der Waals surface area contributed by atoms with E-state index < -0.39 is 0 Å². The summed E-state index contributed by atoms with van der Waals surface area (Å²) < 4.78 is 1.57. The molecule has 0 atom stereocenters. The lowest BCUT2D eigenvalue weighted by Crippen LogP contribution is -2.25. The zero-order valence-electron chi connectivity index (χ0n) is 13.1. The van der Waals surface area contributed by atoms with E-state index in [1.165, 1.54) is 0 Å². The summed E-state index contributed by atoms with van der Waals surface area (Å²) in [5.41, 5.74) is 2.45. The van der Waals surface area contributed by atoms with E-state index in [9.17, 15) is 4.79 Å². The van der Waals surface area contributed by atoms with Crippen LogP contribution in [0.25, 0.3) is 11.4 Å². The van der Waals surface area contributed by atoms with Crippen LogP contribution in [-0.2, 0) is 13.5 Å². The first-order valence-corrected chi connectivity index (χ1v) is 7.87. The summed E-state index contributed by atoms with van der Waals surface area (Å²) in [7, 11) is 1.76. The molecule has 24 heavy (non-hydrogen) atoms. The van der Waals surface area contributed by atoms with Gasteiger partial charge in [-0.25, -0.2) is 4.68 Å². The minimum Gasteiger partial charge on any atom is -0.352 e. The molecule has 0 spiro atoms. The lowest BCUT2D eigenvalue weighted by Gasteiger charge is -2.07. The molecule has 0 fully saturated rings. The second-order valence-corrected chi connectivity index (χ2v) is 5.78. The summed E-state index contributed by atoms with van der Waals surface area (Å²) >= 11 is 5.96. The Kier molecular flexibility index (Phi) is 4.86. The predicted octanol–water partition coefficient (Wildman–Crippen LogP) is 2.50. The standard InChI is InChI=1S/C17H16ClN5O/c1-23-16(20-21-22-23)13-5-3-6-14(11-13)17(24)19-9-8-12-4-2-7-15(18)10-12/h2-7,10-11H,8-9H2,1H3,(H,19,24). The second-order valence-electron chi connectivity index (χ2n) is 5.34. The zero-order valence-corrected chi connectivity index (χ0v) is 13.9. The quantitative estimate of drug-likeness (QED) is 0.774. The molecule has 7 heteroatoms. The fraction of sp³-hybridized carbons (Fsp3) is 0.176. The number of halogens is 1. The van der Waals surface area contributed by atoms with Crippen LogP contribution in [0.2, 0.25) is 5.02 Å². The molecule has 0 aliphatic carbocycles. The number of benzene rings is 2. The molecule has 0 radical (unpaired) electrons. The Morgan fingerprint density at radius 2 is 2.04 bits per heavy atom. The van der Waals surface area contributed by atoms with E-state index in [0.717, 1.165) is 17.5 Å². The molecular formula is C17H16ClN5O. The molecule has 0 saturated carbocycles. The minimum atomic E-state index is -0.131. The Labute approximate surface area is 144 Å². The largest absolute Gasteiger partial charge is 0.352 e. The fourth-order valence-electron chi connectivity index (χ4n) is 2.39. The highest BCUT2D eigenvalue weighted by atomic mass is 35.5. The van der Waals surface area contributed by atoms with E-state index in [1.807, 2.05) is 36.4 Å². The van der Waals surface area contributed by atoms with Crippen LogP contribution in [0.4, 0.5) is 0 Å². The monoisotopic (exact) mass is 341 g/mol. The van der Waals surface area contributed by atoms with Gasteiger partial charge in [-0.15, -0.1) is 5.10 Å². The third kappa shape index (κ3) is 3.78. The van der Waals surface area contributed by atoms with Crippen LogP contribution in [-0.4, -0.2) is 32.7 Å². The second kappa shape index (κ2) is 7.23. The Bertz CT molecular complexity index is 861. The maximum Gasteiger partial charge on any atom is 0.251 e. The topological polar surface area (TPSA) is 72.7 Å². The van der Waals surface area contributed by atoms with Crippen molar-refractivity contribution in [3.63, 3.8) is 0 Å². The third-order valence-electron chi connectivity index (χ3n) is 3.59. The van der Waals surface area contributed by atoms with E-state index in [-0.39, 0.29) is 5.91 Å². The van der Waals surface area contributed by atoms with Crippen LogP contribution in [0.3, 0.4) is 0 Å². The third-order valence-corrected chi connectivity index (χ3v) is 3.83. The van der Waals surface area contributed by atoms with Crippen molar-refractivity contribution in [3.8, 4) is 11.4 Å². The van der Waals surface area contributed by atoms with Gasteiger partial charge < -0.3 is 5.32 Å². The van der Waals surface area contributed by atoms with Crippen LogP contribution in [0.5, 0.6) is 0 Å². The number of carbonyl (C=O) groups excluding carboxylic acids is 1. The van der Waals surface area contributed by atoms with Crippen LogP contribution in [0.15, 0.2) is 48.5 Å². The van der Waals surface area contributed by atoms with Crippen LogP contribution >= 0.6 is 11.6 Å². The first-order chi connectivity index (χ1) is 11.6. The predicted molar refractivity (Wildman–Crippen MR) is 91.7 cm³/mol. The number of aryl methyl sites for hydroxylation is 1. The van der Waals surface area contributed by atoms with Gasteiger partial charge in [-0.2, -0.15) is 0 Å². The molecule has 1 heterocycles. The molecule has 3 rings (SSSR count). The van der Waals surface area contributed by atoms with Crippen molar-refractivity contribution in [3.05, 3.63) is 64.7 Å². The van der Waals surface area contributed by atoms with E-state index in [2.05, 4.69) is 20.8 Å². The fourth-order valence-corrected chi connectivity index (χ4v) is 2.60. The van der Waals surface area contributed by atoms with Crippen molar-refractivity contribution < 1.29 is 4.79 Å². The number of aromatic nitrogens is 4. The number of rotatable bonds is 5. The highest BCUT2D eigenvalue weighted by molar-refractivity contribution is 6.30. The average Bonchev–Trinajstić information content (AvgIpc) is 3.01. The van der Waals surface area contributed by atoms with E-state index in [1.54, 1.807) is 23.9 Å². The molecule has 1 aromatic heterocycles. The van der Waals surface area contributed by atoms with E-state index >= 15 is 0 Å². The van der Waals surface area contributed by atoms with Crippen molar-refractivity contribution in [2.75, 3.05) is 6.54 Å². The molecule has 6 nitrogen and oxygen atoms in total. The SMILES string of the molecule is Cn1nnnc1-c1cccc(C(=O)NCCc2cccc(Cl)c2)c1. The maximum atomic E-state index is 12.3. The van der Waals surface area contributed by atoms with Gasteiger partial charge in [-0.05, 0) is 46.7 Å². The molecule has 0 unspecified atom stereocenters. The molecule has 2 aromatic carbocycles. The molecule has 1 amide bonds. The number of nitrogens with one attached hydrogen (secondary N) is 1. The Hall–Kier alpha value is -2.73. The van der Waals surface area contributed by atoms with Gasteiger partial charge in [0.15, 0.2) is 5.82 Å². The molecule has 0 aliphatic rings. The number of nitrogens with zero attached hydrogens (tertiary/aromatic N) is 4. The Balaban J connectivity index is 1.64. The minimum absolute atomic E-state index is 0.131. The van der Waals surface area contributed by atoms with E-state index in [0.29, 0.717) is 23.0 Å². The molecule has 0 bridgehead atoms. The maximum absolute atomic E-state index is 12.3. The summed E-state index contributed by atoms with van der Waals surface area (Å²) in [6.07, 6.45) is 0.721. The average molecular weight is 342 g/mol. The molecular weight excluding hydrogens is 326 g/mol. The number of tetrazole rings is 1. The van der Waals surface area contributed by atoms with Gasteiger partial charge >= 0.3 is 0 Å². The lowest BCUT2D eigenvalue weighted by molar-refractivity contribution is 0.0954. The summed E-state index contributed by atoms with van der Waals surface area (Å²) in [6.45, 7) is 0.537. The van der Waals surface area contributed by atoms with Crippen molar-refractivity contribution in [2.24, 2.45) is 7.05 Å². The van der Waals surface area contributed by atoms with Gasteiger partial charge in [0.25, 0.3) is 5.91 Å². The number of amides is 1. The zero-order chi connectivity index (χ0) is 16.9. The van der Waals surface area contributed by atoms with Gasteiger partial charge in [0.05, 0.1) is 0 Å². The first kappa shape index (κ1) is 16.1. The van der Waals surface area contributed by atoms with Gasteiger partial charge in [0.1, 0.15) is 0 Å². The molecule has 3 aromatic rings. The number of carbonyl (C=O) groups is 1. The Morgan fingerprint density at radius 3 is 2.79 bits per heavy atom. The van der Waals surface area contributed by atoms with Crippen LogP contribution < -0.4 is 5.32 Å². The van der Waals surface area contributed by atoms with Crippen molar-refractivity contribution >= 4 is 17.5 Å². The summed E-state index contributed by atoms with van der Waals surface area (Å²) in [6, 6.07) is 14.8. The number of hydrogen-bond donors (Lipinski definition) is 1. The Morgan fingerprint density at radius 1 is 1.21 bits per heavy atom. The van der Waals surface area contributed by atoms with Crippen molar-refractivity contribution in [2.45, 2.75) is 6.42 Å². The first-order valence-electron chi connectivity index (χ1n) is 7.49. The lowest BCUT2D eigenvalue weighted by atomic mass is 10.1. The highest BCUT2D eigenvalue weighted by Crippen LogP contribution is 2.16. The van der Waals surface area contributed by atoms with Crippen molar-refractivity contribution in [1.29, 1.82) is 0 Å².